The molecule has 0 amide bonds. The minimum atomic E-state index is 0.688. The van der Waals surface area contributed by atoms with Gasteiger partial charge in [0.05, 0.1) is 0 Å². The molecule has 0 unspecified atom stereocenters. The third-order valence-corrected chi connectivity index (χ3v) is 11.0. The van der Waals surface area contributed by atoms with E-state index in [0.29, 0.717) is 4.25 Å². The van der Waals surface area contributed by atoms with Crippen molar-refractivity contribution in [2.45, 2.75) is 45.8 Å². The zero-order chi connectivity index (χ0) is 9.23. The van der Waals surface area contributed by atoms with Gasteiger partial charge in [-0.2, -0.15) is 0 Å². The maximum atomic E-state index is 2.38. The van der Waals surface area contributed by atoms with Crippen molar-refractivity contribution in [1.82, 2.24) is 0 Å². The van der Waals surface area contributed by atoms with Gasteiger partial charge >= 0.3 is 80.1 Å². The van der Waals surface area contributed by atoms with Crippen LogP contribution in [0.3, 0.4) is 0 Å². The van der Waals surface area contributed by atoms with Crippen LogP contribution < -0.4 is 0 Å². The summed E-state index contributed by atoms with van der Waals surface area (Å²) >= 11 is 0.941. The Morgan fingerprint density at radius 1 is 0.727 bits per heavy atom. The van der Waals surface area contributed by atoms with E-state index < -0.39 is 0 Å². The van der Waals surface area contributed by atoms with Crippen LogP contribution in [-0.2, 0) is 0 Å². The molecule has 0 radical (unpaired) electrons. The first kappa shape index (κ1) is 11.5. The van der Waals surface area contributed by atoms with Gasteiger partial charge in [-0.3, -0.25) is 0 Å². The molecular formula is C10H24Ge. The van der Waals surface area contributed by atoms with Gasteiger partial charge < -0.3 is 0 Å². The molecule has 0 aliphatic heterocycles. The molecule has 11 heavy (non-hydrogen) atoms. The van der Waals surface area contributed by atoms with Gasteiger partial charge in [-0.25, -0.2) is 0 Å². The van der Waals surface area contributed by atoms with Gasteiger partial charge in [-0.15, -0.1) is 0 Å². The minimum absolute atomic E-state index is 0.688. The van der Waals surface area contributed by atoms with Crippen LogP contribution in [-0.4, -0.2) is 16.5 Å². The average Bonchev–Trinajstić information content (AvgIpc) is 1.84. The fraction of sp³-hybridized carbons (Fsp3) is 1.00. The van der Waals surface area contributed by atoms with E-state index in [9.17, 15) is 0 Å². The number of hydrogen-bond donors (Lipinski definition) is 0. The van der Waals surface area contributed by atoms with E-state index >= 15 is 0 Å². The number of rotatable bonds is 3. The molecule has 0 aliphatic carbocycles. The Bertz CT molecular complexity index is 92.3. The normalized spacial score (nSPS) is 13.9. The van der Waals surface area contributed by atoms with Crippen LogP contribution >= 0.6 is 0 Å². The summed E-state index contributed by atoms with van der Waals surface area (Å²) in [4.78, 5) is 0. The molecule has 0 nitrogen and oxygen atoms in total. The summed E-state index contributed by atoms with van der Waals surface area (Å²) in [5.74, 6) is 2.59. The van der Waals surface area contributed by atoms with Gasteiger partial charge in [-0.05, 0) is 0 Å². The van der Waals surface area contributed by atoms with Crippen molar-refractivity contribution >= 4 is 16.5 Å². The Kier molecular flexibility index (Phi) is 4.17. The van der Waals surface area contributed by atoms with Crippen LogP contribution in [0.2, 0.25) is 4.25 Å². The summed E-state index contributed by atoms with van der Waals surface area (Å²) in [7, 11) is 0. The summed E-state index contributed by atoms with van der Waals surface area (Å²) in [5.41, 5.74) is 0. The van der Waals surface area contributed by atoms with E-state index in [1.807, 2.05) is 0 Å². The van der Waals surface area contributed by atoms with E-state index in [1.54, 1.807) is 0 Å². The molecule has 0 rings (SSSR count). The second-order valence-electron chi connectivity index (χ2n) is 4.83. The topological polar surface area (TPSA) is 0 Å². The Hall–Kier alpha value is 0.543. The van der Waals surface area contributed by atoms with Crippen molar-refractivity contribution in [3.05, 3.63) is 0 Å². The first-order chi connectivity index (χ1) is 4.83. The van der Waals surface area contributed by atoms with E-state index in [-0.39, 0.29) is 0 Å². The molecule has 0 spiro atoms. The zero-order valence-corrected chi connectivity index (χ0v) is 13.4. The summed E-state index contributed by atoms with van der Waals surface area (Å²) < 4.78 is 0.688. The average molecular weight is 217 g/mol. The molecule has 68 valence electrons. The summed E-state index contributed by atoms with van der Waals surface area (Å²) in [5, 5.41) is 0. The van der Waals surface area contributed by atoms with E-state index in [0.717, 1.165) is 34.3 Å². The molecule has 0 aromatic rings. The molecule has 0 heterocycles. The molecule has 0 aromatic heterocycles. The summed E-state index contributed by atoms with van der Waals surface area (Å²) in [6.07, 6.45) is 0. The quantitative estimate of drug-likeness (QED) is 0.637. The molecule has 0 saturated heterocycles. The maximum absolute atomic E-state index is 2.38. The van der Waals surface area contributed by atoms with Crippen LogP contribution in [0.5, 0.6) is 0 Å². The van der Waals surface area contributed by atoms with Crippen molar-refractivity contribution in [2.24, 2.45) is 17.8 Å². The predicted octanol–water partition coefficient (Wildman–Crippen LogP) is 2.48. The molecule has 0 bridgehead atoms. The second-order valence-corrected chi connectivity index (χ2v) is 8.46. The first-order valence-electron chi connectivity index (χ1n) is 4.83. The van der Waals surface area contributed by atoms with Crippen LogP contribution in [0, 0.1) is 17.8 Å². The molecular weight excluding hydrogens is 193 g/mol. The zero-order valence-electron chi connectivity index (χ0n) is 9.23. The van der Waals surface area contributed by atoms with Crippen LogP contribution in [0.1, 0.15) is 41.5 Å². The van der Waals surface area contributed by atoms with Crippen molar-refractivity contribution in [3.8, 4) is 0 Å². The van der Waals surface area contributed by atoms with Crippen molar-refractivity contribution in [3.63, 3.8) is 0 Å². The molecule has 0 aliphatic rings. The Balaban J connectivity index is 4.53. The first-order valence-corrected chi connectivity index (χ1v) is 6.93. The summed E-state index contributed by atoms with van der Waals surface area (Å²) in [6.45, 7) is 14.3. The second kappa shape index (κ2) is 3.97. The standard InChI is InChI=1S/C10H24Ge/c1-7(2)10(11,8(3)4)9(5)6/h7-9H,1-6,11H3. The summed E-state index contributed by atoms with van der Waals surface area (Å²) in [6, 6.07) is 0. The Morgan fingerprint density at radius 3 is 0.909 bits per heavy atom. The number of hydrogen-bond acceptors (Lipinski definition) is 0. The molecule has 0 atom stereocenters. The van der Waals surface area contributed by atoms with Gasteiger partial charge in [0.2, 0.25) is 0 Å². The van der Waals surface area contributed by atoms with Gasteiger partial charge in [0.25, 0.3) is 0 Å². The Labute approximate surface area is 80.4 Å². The van der Waals surface area contributed by atoms with Gasteiger partial charge in [0.1, 0.15) is 0 Å². The molecule has 1 heteroatoms. The SMILES string of the molecule is CC(C)[C]([GeH3])(C(C)C)C(C)C. The molecule has 0 aromatic carbocycles. The van der Waals surface area contributed by atoms with Gasteiger partial charge in [-0.1, -0.05) is 0 Å². The third-order valence-electron chi connectivity index (χ3n) is 3.73. The van der Waals surface area contributed by atoms with Crippen molar-refractivity contribution < 1.29 is 0 Å². The molecule has 0 N–H and O–H groups in total. The van der Waals surface area contributed by atoms with Crippen molar-refractivity contribution in [1.29, 1.82) is 0 Å². The fourth-order valence-corrected chi connectivity index (χ4v) is 2.00. The van der Waals surface area contributed by atoms with E-state index in [4.69, 9.17) is 0 Å². The molecule has 0 fully saturated rings. The molecule has 0 saturated carbocycles. The van der Waals surface area contributed by atoms with E-state index in [1.165, 1.54) is 0 Å². The monoisotopic (exact) mass is 218 g/mol. The van der Waals surface area contributed by atoms with Gasteiger partial charge in [0, 0.05) is 0 Å². The predicted molar refractivity (Wildman–Crippen MR) is 57.1 cm³/mol. The fourth-order valence-electron chi connectivity index (χ4n) is 2.00. The van der Waals surface area contributed by atoms with Crippen molar-refractivity contribution in [2.75, 3.05) is 0 Å². The van der Waals surface area contributed by atoms with Crippen LogP contribution in [0.15, 0.2) is 0 Å². The third kappa shape index (κ3) is 2.24. The van der Waals surface area contributed by atoms with Crippen LogP contribution in [0.25, 0.3) is 0 Å². The van der Waals surface area contributed by atoms with E-state index in [2.05, 4.69) is 41.5 Å². The Morgan fingerprint density at radius 2 is 0.909 bits per heavy atom. The van der Waals surface area contributed by atoms with Gasteiger partial charge in [0.15, 0.2) is 0 Å². The van der Waals surface area contributed by atoms with Crippen LogP contribution in [0.4, 0.5) is 0 Å².